The van der Waals surface area contributed by atoms with Gasteiger partial charge in [0.15, 0.2) is 0 Å². The van der Waals surface area contributed by atoms with Crippen molar-refractivity contribution >= 4 is 6.02 Å². The molecule has 1 unspecified atom stereocenters. The molecule has 0 aromatic carbocycles. The number of aliphatic imine (C=N–C) groups is 1. The summed E-state index contributed by atoms with van der Waals surface area (Å²) in [5.74, 6) is 0. The fraction of sp³-hybridized carbons (Fsp3) is 0.917. The van der Waals surface area contributed by atoms with Gasteiger partial charge in [-0.25, -0.2) is 4.99 Å². The highest BCUT2D eigenvalue weighted by Gasteiger charge is 2.25. The Bertz CT molecular complexity index is 204. The Morgan fingerprint density at radius 1 is 1.33 bits per heavy atom. The van der Waals surface area contributed by atoms with Gasteiger partial charge in [-0.05, 0) is 19.8 Å². The minimum atomic E-state index is 0.308. The van der Waals surface area contributed by atoms with Crippen LogP contribution in [0.15, 0.2) is 4.99 Å². The summed E-state index contributed by atoms with van der Waals surface area (Å²) in [6, 6.07) is 0.879. The Morgan fingerprint density at radius 2 is 2.07 bits per heavy atom. The van der Waals surface area contributed by atoms with Crippen LogP contribution in [0.25, 0.3) is 0 Å². The molecule has 1 aliphatic rings. The summed E-state index contributed by atoms with van der Waals surface area (Å²) in [6.07, 6.45) is 5.11. The lowest BCUT2D eigenvalue weighted by Gasteiger charge is -2.14. The lowest BCUT2D eigenvalue weighted by atomic mass is 10.3. The first-order valence-electron chi connectivity index (χ1n) is 6.24. The van der Waals surface area contributed by atoms with E-state index < -0.39 is 0 Å². The molecule has 3 heteroatoms. The summed E-state index contributed by atoms with van der Waals surface area (Å²) in [5, 5.41) is 0. The van der Waals surface area contributed by atoms with Gasteiger partial charge in [0.2, 0.25) is 0 Å². The van der Waals surface area contributed by atoms with E-state index in [4.69, 9.17) is 4.74 Å². The third-order valence-corrected chi connectivity index (χ3v) is 2.59. The second-order valence-corrected chi connectivity index (χ2v) is 4.25. The van der Waals surface area contributed by atoms with E-state index in [1.54, 1.807) is 0 Å². The quantitative estimate of drug-likeness (QED) is 0.632. The fourth-order valence-electron chi connectivity index (χ4n) is 1.69. The zero-order valence-corrected chi connectivity index (χ0v) is 10.3. The SMILES string of the molecule is CCCCN=C1OC(C)CN1CCCC. The maximum atomic E-state index is 5.69. The molecule has 0 N–H and O–H groups in total. The molecule has 1 rings (SSSR count). The van der Waals surface area contributed by atoms with Gasteiger partial charge in [-0.2, -0.15) is 0 Å². The van der Waals surface area contributed by atoms with Gasteiger partial charge in [-0.1, -0.05) is 26.7 Å². The van der Waals surface area contributed by atoms with Crippen molar-refractivity contribution in [3.05, 3.63) is 0 Å². The van der Waals surface area contributed by atoms with Crippen LogP contribution in [0.2, 0.25) is 0 Å². The highest BCUT2D eigenvalue weighted by atomic mass is 16.5. The Kier molecular flexibility index (Phi) is 5.51. The molecule has 1 aliphatic heterocycles. The topological polar surface area (TPSA) is 24.8 Å². The predicted molar refractivity (Wildman–Crippen MR) is 64.2 cm³/mol. The smallest absolute Gasteiger partial charge is 0.287 e. The summed E-state index contributed by atoms with van der Waals surface area (Å²) >= 11 is 0. The molecular weight excluding hydrogens is 188 g/mol. The van der Waals surface area contributed by atoms with Gasteiger partial charge in [0, 0.05) is 13.1 Å². The van der Waals surface area contributed by atoms with Crippen molar-refractivity contribution in [2.75, 3.05) is 19.6 Å². The van der Waals surface area contributed by atoms with Crippen molar-refractivity contribution in [3.63, 3.8) is 0 Å². The molecule has 0 bridgehead atoms. The number of nitrogens with zero attached hydrogens (tertiary/aromatic N) is 2. The van der Waals surface area contributed by atoms with Crippen molar-refractivity contribution in [2.24, 2.45) is 4.99 Å². The molecule has 1 saturated heterocycles. The van der Waals surface area contributed by atoms with Crippen LogP contribution in [-0.2, 0) is 4.74 Å². The van der Waals surface area contributed by atoms with Crippen molar-refractivity contribution in [3.8, 4) is 0 Å². The summed E-state index contributed by atoms with van der Waals surface area (Å²) in [4.78, 5) is 6.80. The highest BCUT2D eigenvalue weighted by molar-refractivity contribution is 5.75. The van der Waals surface area contributed by atoms with E-state index in [0.717, 1.165) is 32.1 Å². The maximum Gasteiger partial charge on any atom is 0.287 e. The number of hydrogen-bond acceptors (Lipinski definition) is 2. The van der Waals surface area contributed by atoms with Crippen LogP contribution in [0.3, 0.4) is 0 Å². The molecule has 0 spiro atoms. The average Bonchev–Trinajstić information content (AvgIpc) is 2.56. The third-order valence-electron chi connectivity index (χ3n) is 2.59. The number of unbranched alkanes of at least 4 members (excludes halogenated alkanes) is 2. The molecule has 88 valence electrons. The third kappa shape index (κ3) is 4.10. The second kappa shape index (κ2) is 6.70. The Labute approximate surface area is 93.5 Å². The zero-order valence-electron chi connectivity index (χ0n) is 10.3. The normalized spacial score (nSPS) is 23.5. The average molecular weight is 212 g/mol. The lowest BCUT2D eigenvalue weighted by molar-refractivity contribution is 0.250. The predicted octanol–water partition coefficient (Wildman–Crippen LogP) is 2.66. The molecule has 0 aromatic rings. The van der Waals surface area contributed by atoms with Gasteiger partial charge in [-0.3, -0.25) is 0 Å². The lowest BCUT2D eigenvalue weighted by Crippen LogP contribution is -2.27. The van der Waals surface area contributed by atoms with Crippen LogP contribution in [0.4, 0.5) is 0 Å². The Hall–Kier alpha value is -0.730. The van der Waals surface area contributed by atoms with Gasteiger partial charge < -0.3 is 9.64 Å². The minimum absolute atomic E-state index is 0.308. The van der Waals surface area contributed by atoms with Crippen LogP contribution in [0.1, 0.15) is 46.5 Å². The molecular formula is C12H24N2O. The van der Waals surface area contributed by atoms with Crippen molar-refractivity contribution in [1.29, 1.82) is 0 Å². The molecule has 0 amide bonds. The summed E-state index contributed by atoms with van der Waals surface area (Å²) in [5.41, 5.74) is 0. The van der Waals surface area contributed by atoms with Crippen molar-refractivity contribution < 1.29 is 4.74 Å². The van der Waals surface area contributed by atoms with Gasteiger partial charge in [0.1, 0.15) is 6.10 Å². The van der Waals surface area contributed by atoms with E-state index in [0.29, 0.717) is 6.10 Å². The number of hydrogen-bond donors (Lipinski definition) is 0. The zero-order chi connectivity index (χ0) is 11.1. The standard InChI is InChI=1S/C12H24N2O/c1-4-6-8-13-12-14(9-7-5-2)10-11(3)15-12/h11H,4-10H2,1-3H3. The molecule has 0 aromatic heterocycles. The summed E-state index contributed by atoms with van der Waals surface area (Å²) < 4.78 is 5.69. The van der Waals surface area contributed by atoms with E-state index >= 15 is 0 Å². The maximum absolute atomic E-state index is 5.69. The first-order valence-corrected chi connectivity index (χ1v) is 6.24. The van der Waals surface area contributed by atoms with E-state index in [9.17, 15) is 0 Å². The van der Waals surface area contributed by atoms with Crippen LogP contribution in [0, 0.1) is 0 Å². The Balaban J connectivity index is 2.41. The van der Waals surface area contributed by atoms with Gasteiger partial charge in [-0.15, -0.1) is 0 Å². The number of ether oxygens (including phenoxy) is 1. The molecule has 0 saturated carbocycles. The van der Waals surface area contributed by atoms with Gasteiger partial charge >= 0.3 is 0 Å². The molecule has 1 atom stereocenters. The fourth-order valence-corrected chi connectivity index (χ4v) is 1.69. The van der Waals surface area contributed by atoms with E-state index in [1.165, 1.54) is 19.3 Å². The number of amidine groups is 1. The van der Waals surface area contributed by atoms with Crippen molar-refractivity contribution in [2.45, 2.75) is 52.6 Å². The molecule has 1 heterocycles. The highest BCUT2D eigenvalue weighted by Crippen LogP contribution is 2.12. The van der Waals surface area contributed by atoms with E-state index in [1.807, 2.05) is 0 Å². The summed E-state index contributed by atoms with van der Waals surface area (Å²) in [7, 11) is 0. The second-order valence-electron chi connectivity index (χ2n) is 4.25. The Morgan fingerprint density at radius 3 is 2.73 bits per heavy atom. The number of rotatable bonds is 6. The molecule has 15 heavy (non-hydrogen) atoms. The molecule has 0 aliphatic carbocycles. The monoisotopic (exact) mass is 212 g/mol. The first kappa shape index (κ1) is 12.3. The van der Waals surface area contributed by atoms with Crippen molar-refractivity contribution in [1.82, 2.24) is 4.90 Å². The summed E-state index contributed by atoms with van der Waals surface area (Å²) in [6.45, 7) is 9.51. The molecule has 0 radical (unpaired) electrons. The van der Waals surface area contributed by atoms with E-state index in [-0.39, 0.29) is 0 Å². The molecule has 3 nitrogen and oxygen atoms in total. The first-order chi connectivity index (χ1) is 7.27. The molecule has 1 fully saturated rings. The van der Waals surface area contributed by atoms with Crippen LogP contribution < -0.4 is 0 Å². The largest absolute Gasteiger partial charge is 0.460 e. The minimum Gasteiger partial charge on any atom is -0.460 e. The van der Waals surface area contributed by atoms with Crippen LogP contribution >= 0.6 is 0 Å². The van der Waals surface area contributed by atoms with Crippen LogP contribution in [0.5, 0.6) is 0 Å². The van der Waals surface area contributed by atoms with Gasteiger partial charge in [0.05, 0.1) is 6.54 Å². The van der Waals surface area contributed by atoms with Gasteiger partial charge in [0.25, 0.3) is 6.02 Å². The van der Waals surface area contributed by atoms with Crippen LogP contribution in [-0.4, -0.2) is 36.7 Å². The van der Waals surface area contributed by atoms with E-state index in [2.05, 4.69) is 30.7 Å².